The van der Waals surface area contributed by atoms with Crippen molar-refractivity contribution in [3.05, 3.63) is 48.0 Å². The van der Waals surface area contributed by atoms with E-state index < -0.39 is 30.2 Å². The van der Waals surface area contributed by atoms with Crippen molar-refractivity contribution < 1.29 is 32.6 Å². The lowest BCUT2D eigenvalue weighted by Gasteiger charge is -2.15. The number of alkyl halides is 3. The van der Waals surface area contributed by atoms with Crippen molar-refractivity contribution in [3.8, 4) is 0 Å². The molecule has 1 aromatic rings. The summed E-state index contributed by atoms with van der Waals surface area (Å²) >= 11 is 0. The summed E-state index contributed by atoms with van der Waals surface area (Å²) in [5, 5.41) is 11.1. The van der Waals surface area contributed by atoms with Gasteiger partial charge in [0.1, 0.15) is 6.04 Å². The summed E-state index contributed by atoms with van der Waals surface area (Å²) in [5.41, 5.74) is 0.223. The van der Waals surface area contributed by atoms with Gasteiger partial charge in [-0.1, -0.05) is 24.3 Å². The van der Waals surface area contributed by atoms with E-state index in [2.05, 4.69) is 10.1 Å². The first-order valence-electron chi connectivity index (χ1n) is 6.12. The maximum absolute atomic E-state index is 12.2. The van der Waals surface area contributed by atoms with Gasteiger partial charge in [0.15, 0.2) is 6.10 Å². The number of hydrogen-bond acceptors (Lipinski definition) is 4. The number of halogens is 3. The highest BCUT2D eigenvalue weighted by atomic mass is 19.4. The molecule has 0 aromatic heterocycles. The number of aliphatic hydroxyl groups is 1. The van der Waals surface area contributed by atoms with E-state index in [1.165, 1.54) is 12.1 Å². The molecular formula is C14H14F3NO4. The average molecular weight is 317 g/mol. The first-order valence-corrected chi connectivity index (χ1v) is 6.12. The highest BCUT2D eigenvalue weighted by Gasteiger charge is 2.36. The first-order chi connectivity index (χ1) is 10.3. The number of benzene rings is 1. The van der Waals surface area contributed by atoms with Gasteiger partial charge >= 0.3 is 12.1 Å². The summed E-state index contributed by atoms with van der Waals surface area (Å²) in [7, 11) is 1.03. The number of carbonyl (C=O) groups is 2. The topological polar surface area (TPSA) is 75.6 Å². The van der Waals surface area contributed by atoms with Crippen molar-refractivity contribution in [1.29, 1.82) is 0 Å². The zero-order valence-corrected chi connectivity index (χ0v) is 11.5. The average Bonchev–Trinajstić information content (AvgIpc) is 2.49. The number of aliphatic hydroxyl groups excluding tert-OH is 1. The van der Waals surface area contributed by atoms with E-state index in [-0.39, 0.29) is 5.56 Å². The molecule has 0 aliphatic heterocycles. The molecule has 0 aliphatic rings. The van der Waals surface area contributed by atoms with Crippen LogP contribution in [0.5, 0.6) is 0 Å². The van der Waals surface area contributed by atoms with Gasteiger partial charge in [-0.3, -0.25) is 4.79 Å². The van der Waals surface area contributed by atoms with E-state index in [1.807, 2.05) is 0 Å². The van der Waals surface area contributed by atoms with Crippen LogP contribution in [0.2, 0.25) is 0 Å². The minimum absolute atomic E-state index is 0.223. The number of carbonyl (C=O) groups excluding carboxylic acids is 2. The number of rotatable bonds is 5. The molecule has 1 rings (SSSR count). The molecule has 1 amide bonds. The van der Waals surface area contributed by atoms with Crippen molar-refractivity contribution in [2.75, 3.05) is 7.11 Å². The van der Waals surface area contributed by atoms with Gasteiger partial charge < -0.3 is 15.2 Å². The molecule has 0 spiro atoms. The number of nitrogens with one attached hydrogen (secondary N) is 1. The molecule has 0 saturated carbocycles. The van der Waals surface area contributed by atoms with Crippen LogP contribution in [-0.2, 0) is 9.53 Å². The van der Waals surface area contributed by atoms with Crippen LogP contribution < -0.4 is 5.32 Å². The predicted molar refractivity (Wildman–Crippen MR) is 70.9 cm³/mol. The molecule has 5 nitrogen and oxygen atoms in total. The standard InChI is InChI=1S/C14H14F3NO4/c1-22-13(21)10(7-8-11(19)14(15,16)17)18-12(20)9-5-3-2-4-6-9/h2-8,10-11,19H,1H3,(H,18,20)/b8-7+/t10-,11-/m1/s1. The Labute approximate surface area is 124 Å². The van der Waals surface area contributed by atoms with Crippen molar-refractivity contribution in [2.24, 2.45) is 0 Å². The predicted octanol–water partition coefficient (Wildman–Crippen LogP) is 1.44. The maximum Gasteiger partial charge on any atom is 0.417 e. The van der Waals surface area contributed by atoms with E-state index in [0.717, 1.165) is 13.2 Å². The van der Waals surface area contributed by atoms with E-state index in [4.69, 9.17) is 5.11 Å². The summed E-state index contributed by atoms with van der Waals surface area (Å²) < 4.78 is 41.0. The Kier molecular flexibility index (Phi) is 6.11. The molecule has 0 radical (unpaired) electrons. The molecule has 1 aromatic carbocycles. The van der Waals surface area contributed by atoms with Crippen LogP contribution in [0, 0.1) is 0 Å². The summed E-state index contributed by atoms with van der Waals surface area (Å²) in [6.07, 6.45) is -6.51. The largest absolute Gasteiger partial charge is 0.467 e. The zero-order valence-electron chi connectivity index (χ0n) is 11.5. The number of esters is 1. The van der Waals surface area contributed by atoms with Gasteiger partial charge in [0.05, 0.1) is 7.11 Å². The van der Waals surface area contributed by atoms with E-state index >= 15 is 0 Å². The lowest BCUT2D eigenvalue weighted by atomic mass is 10.1. The van der Waals surface area contributed by atoms with Gasteiger partial charge in [-0.15, -0.1) is 0 Å². The molecule has 120 valence electrons. The van der Waals surface area contributed by atoms with Crippen molar-refractivity contribution in [3.63, 3.8) is 0 Å². The molecule has 0 bridgehead atoms. The van der Waals surface area contributed by atoms with Crippen LogP contribution >= 0.6 is 0 Å². The van der Waals surface area contributed by atoms with Gasteiger partial charge in [-0.25, -0.2) is 4.79 Å². The minimum atomic E-state index is -4.86. The van der Waals surface area contributed by atoms with Crippen LogP contribution in [0.15, 0.2) is 42.5 Å². The first kappa shape index (κ1) is 17.7. The van der Waals surface area contributed by atoms with Gasteiger partial charge in [0.25, 0.3) is 5.91 Å². The fraction of sp³-hybridized carbons (Fsp3) is 0.286. The van der Waals surface area contributed by atoms with E-state index in [1.54, 1.807) is 18.2 Å². The highest BCUT2D eigenvalue weighted by Crippen LogP contribution is 2.20. The van der Waals surface area contributed by atoms with Gasteiger partial charge in [0.2, 0.25) is 0 Å². The van der Waals surface area contributed by atoms with E-state index in [9.17, 15) is 22.8 Å². The third-order valence-corrected chi connectivity index (χ3v) is 2.60. The number of ether oxygens (including phenoxy) is 1. The lowest BCUT2D eigenvalue weighted by Crippen LogP contribution is -2.40. The lowest BCUT2D eigenvalue weighted by molar-refractivity contribution is -0.187. The Balaban J connectivity index is 2.84. The van der Waals surface area contributed by atoms with Crippen molar-refractivity contribution in [1.82, 2.24) is 5.32 Å². The number of methoxy groups -OCH3 is 1. The van der Waals surface area contributed by atoms with Crippen LogP contribution in [0.1, 0.15) is 10.4 Å². The van der Waals surface area contributed by atoms with Crippen LogP contribution in [0.25, 0.3) is 0 Å². The SMILES string of the molecule is COC(=O)[C@@H](/C=C/[C@@H](O)C(F)(F)F)NC(=O)c1ccccc1. The Morgan fingerprint density at radius 2 is 1.82 bits per heavy atom. The second-order valence-corrected chi connectivity index (χ2v) is 4.21. The Morgan fingerprint density at radius 1 is 1.23 bits per heavy atom. The molecule has 2 N–H and O–H groups in total. The normalized spacial score (nSPS) is 14.4. The number of hydrogen-bond donors (Lipinski definition) is 2. The minimum Gasteiger partial charge on any atom is -0.467 e. The maximum atomic E-state index is 12.2. The van der Waals surface area contributed by atoms with Crippen molar-refractivity contribution >= 4 is 11.9 Å². The number of amides is 1. The molecule has 2 atom stereocenters. The Bertz CT molecular complexity index is 543. The summed E-state index contributed by atoms with van der Waals surface area (Å²) in [4.78, 5) is 23.4. The van der Waals surface area contributed by atoms with Crippen molar-refractivity contribution in [2.45, 2.75) is 18.3 Å². The van der Waals surface area contributed by atoms with Gasteiger partial charge in [0, 0.05) is 5.56 Å². The third kappa shape index (κ3) is 5.21. The summed E-state index contributed by atoms with van der Waals surface area (Å²) in [6, 6.07) is 6.34. The molecule has 0 fully saturated rings. The zero-order chi connectivity index (χ0) is 16.8. The van der Waals surface area contributed by atoms with Crippen LogP contribution in [0.4, 0.5) is 13.2 Å². The van der Waals surface area contributed by atoms with E-state index in [0.29, 0.717) is 6.08 Å². The second-order valence-electron chi connectivity index (χ2n) is 4.21. The molecule has 0 saturated heterocycles. The smallest absolute Gasteiger partial charge is 0.417 e. The monoisotopic (exact) mass is 317 g/mol. The summed E-state index contributed by atoms with van der Waals surface area (Å²) in [5.74, 6) is -1.63. The van der Waals surface area contributed by atoms with Crippen LogP contribution in [0.3, 0.4) is 0 Å². The molecular weight excluding hydrogens is 303 g/mol. The fourth-order valence-corrected chi connectivity index (χ4v) is 1.45. The van der Waals surface area contributed by atoms with Crippen LogP contribution in [-0.4, -0.2) is 42.4 Å². The second kappa shape index (κ2) is 7.60. The third-order valence-electron chi connectivity index (χ3n) is 2.60. The quantitative estimate of drug-likeness (QED) is 0.636. The Hall–Kier alpha value is -2.35. The van der Waals surface area contributed by atoms with Gasteiger partial charge in [-0.05, 0) is 18.2 Å². The summed E-state index contributed by atoms with van der Waals surface area (Å²) in [6.45, 7) is 0. The molecule has 22 heavy (non-hydrogen) atoms. The molecule has 0 heterocycles. The Morgan fingerprint density at radius 3 is 2.32 bits per heavy atom. The highest BCUT2D eigenvalue weighted by molar-refractivity contribution is 5.97. The molecule has 0 unspecified atom stereocenters. The molecule has 0 aliphatic carbocycles. The fourth-order valence-electron chi connectivity index (χ4n) is 1.45. The van der Waals surface area contributed by atoms with Gasteiger partial charge in [-0.2, -0.15) is 13.2 Å². The molecule has 8 heteroatoms.